The molecule has 1 aromatic carbocycles. The molecule has 3 N–H and O–H groups in total. The van der Waals surface area contributed by atoms with Gasteiger partial charge in [0.25, 0.3) is 0 Å². The van der Waals surface area contributed by atoms with Gasteiger partial charge in [-0.2, -0.15) is 0 Å². The monoisotopic (exact) mass is 168 g/mol. The molecule has 1 heterocycles. The lowest BCUT2D eigenvalue weighted by Gasteiger charge is -2.03. The van der Waals surface area contributed by atoms with E-state index in [0.717, 1.165) is 29.9 Å². The predicted octanol–water partition coefficient (Wildman–Crippen LogP) is 1.89. The number of hydrogen-bond acceptors (Lipinski definition) is 2. The number of anilines is 2. The topological polar surface area (TPSA) is 38.0 Å². The largest absolute Gasteiger partial charge is 0.397 e. The maximum atomic E-state index is 5.84. The fraction of sp³-hybridized carbons (Fsp3) is 0.250. The minimum Gasteiger partial charge on any atom is -0.397 e. The second-order valence-corrected chi connectivity index (χ2v) is 3.07. The standard InChI is InChI=1S/C8H9ClN2/c9-6-1-2-7-5(8(6)10)3-4-11-7/h1-2,11H,3-4,10H2. The third kappa shape index (κ3) is 0.942. The maximum absolute atomic E-state index is 5.84. The highest BCUT2D eigenvalue weighted by atomic mass is 35.5. The van der Waals surface area contributed by atoms with Crippen molar-refractivity contribution in [2.75, 3.05) is 17.6 Å². The smallest absolute Gasteiger partial charge is 0.0639 e. The van der Waals surface area contributed by atoms with Gasteiger partial charge in [0.1, 0.15) is 0 Å². The van der Waals surface area contributed by atoms with E-state index in [4.69, 9.17) is 17.3 Å². The summed E-state index contributed by atoms with van der Waals surface area (Å²) in [6.45, 7) is 0.972. The van der Waals surface area contributed by atoms with Crippen molar-refractivity contribution in [3.63, 3.8) is 0 Å². The maximum Gasteiger partial charge on any atom is 0.0639 e. The van der Waals surface area contributed by atoms with E-state index >= 15 is 0 Å². The molecule has 1 aliphatic rings. The van der Waals surface area contributed by atoms with Gasteiger partial charge in [0.2, 0.25) is 0 Å². The van der Waals surface area contributed by atoms with Crippen LogP contribution in [0.4, 0.5) is 11.4 Å². The molecule has 1 aliphatic heterocycles. The summed E-state index contributed by atoms with van der Waals surface area (Å²) in [6.07, 6.45) is 0.988. The first-order valence-corrected chi connectivity index (χ1v) is 3.97. The van der Waals surface area contributed by atoms with Gasteiger partial charge in [0, 0.05) is 17.8 Å². The van der Waals surface area contributed by atoms with Gasteiger partial charge in [0.05, 0.1) is 10.7 Å². The molecule has 2 rings (SSSR count). The van der Waals surface area contributed by atoms with Crippen molar-refractivity contribution >= 4 is 23.0 Å². The van der Waals surface area contributed by atoms with Gasteiger partial charge < -0.3 is 11.1 Å². The summed E-state index contributed by atoms with van der Waals surface area (Å²) in [5.41, 5.74) is 8.79. The van der Waals surface area contributed by atoms with E-state index in [9.17, 15) is 0 Å². The summed E-state index contributed by atoms with van der Waals surface area (Å²) in [4.78, 5) is 0. The number of nitrogen functional groups attached to an aromatic ring is 1. The lowest BCUT2D eigenvalue weighted by molar-refractivity contribution is 1.11. The number of hydrogen-bond donors (Lipinski definition) is 2. The molecule has 0 unspecified atom stereocenters. The van der Waals surface area contributed by atoms with E-state index in [2.05, 4.69) is 5.32 Å². The van der Waals surface area contributed by atoms with Crippen molar-refractivity contribution in [2.45, 2.75) is 6.42 Å². The lowest BCUT2D eigenvalue weighted by atomic mass is 10.1. The third-order valence-corrected chi connectivity index (χ3v) is 2.32. The number of halogens is 1. The number of nitrogens with one attached hydrogen (secondary N) is 1. The Hall–Kier alpha value is -0.890. The van der Waals surface area contributed by atoms with Gasteiger partial charge in [-0.3, -0.25) is 0 Å². The Morgan fingerprint density at radius 3 is 3.09 bits per heavy atom. The zero-order valence-electron chi connectivity index (χ0n) is 6.02. The Morgan fingerprint density at radius 1 is 1.45 bits per heavy atom. The molecular formula is C8H9ClN2. The van der Waals surface area contributed by atoms with E-state index in [1.54, 1.807) is 0 Å². The highest BCUT2D eigenvalue weighted by Crippen LogP contribution is 2.32. The van der Waals surface area contributed by atoms with Crippen LogP contribution < -0.4 is 11.1 Å². The number of rotatable bonds is 0. The van der Waals surface area contributed by atoms with Crippen LogP contribution in [0.25, 0.3) is 0 Å². The van der Waals surface area contributed by atoms with Gasteiger partial charge in [-0.25, -0.2) is 0 Å². The molecular weight excluding hydrogens is 160 g/mol. The average Bonchev–Trinajstić information content (AvgIpc) is 2.45. The first kappa shape index (κ1) is 6.80. The van der Waals surface area contributed by atoms with Gasteiger partial charge in [-0.15, -0.1) is 0 Å². The van der Waals surface area contributed by atoms with Crippen molar-refractivity contribution in [2.24, 2.45) is 0 Å². The summed E-state index contributed by atoms with van der Waals surface area (Å²) in [7, 11) is 0. The van der Waals surface area contributed by atoms with Crippen LogP contribution in [-0.2, 0) is 6.42 Å². The van der Waals surface area contributed by atoms with Crippen molar-refractivity contribution < 1.29 is 0 Å². The zero-order valence-corrected chi connectivity index (χ0v) is 6.78. The molecule has 0 bridgehead atoms. The van der Waals surface area contributed by atoms with Crippen molar-refractivity contribution in [1.82, 2.24) is 0 Å². The van der Waals surface area contributed by atoms with Gasteiger partial charge in [-0.1, -0.05) is 11.6 Å². The fourth-order valence-corrected chi connectivity index (χ4v) is 1.57. The summed E-state index contributed by atoms with van der Waals surface area (Å²) in [6, 6.07) is 3.80. The van der Waals surface area contributed by atoms with E-state index in [-0.39, 0.29) is 0 Å². The first-order chi connectivity index (χ1) is 5.29. The van der Waals surface area contributed by atoms with Crippen molar-refractivity contribution in [3.05, 3.63) is 22.7 Å². The molecule has 3 heteroatoms. The normalized spacial score (nSPS) is 14.3. The molecule has 58 valence electrons. The molecule has 0 saturated carbocycles. The predicted molar refractivity (Wildman–Crippen MR) is 48.1 cm³/mol. The first-order valence-electron chi connectivity index (χ1n) is 3.60. The van der Waals surface area contributed by atoms with Crippen LogP contribution >= 0.6 is 11.6 Å². The zero-order chi connectivity index (χ0) is 7.84. The van der Waals surface area contributed by atoms with Crippen LogP contribution in [0.5, 0.6) is 0 Å². The molecule has 0 amide bonds. The second-order valence-electron chi connectivity index (χ2n) is 2.66. The Labute approximate surface area is 70.3 Å². The van der Waals surface area contributed by atoms with Crippen LogP contribution in [0.1, 0.15) is 5.56 Å². The van der Waals surface area contributed by atoms with E-state index in [1.807, 2.05) is 12.1 Å². The second kappa shape index (κ2) is 2.31. The fourth-order valence-electron chi connectivity index (χ4n) is 1.39. The number of benzene rings is 1. The van der Waals surface area contributed by atoms with Crippen LogP contribution in [0.2, 0.25) is 5.02 Å². The highest BCUT2D eigenvalue weighted by Gasteiger charge is 2.13. The molecule has 0 saturated heterocycles. The van der Waals surface area contributed by atoms with Gasteiger partial charge in [-0.05, 0) is 18.6 Å². The Morgan fingerprint density at radius 2 is 2.27 bits per heavy atom. The highest BCUT2D eigenvalue weighted by molar-refractivity contribution is 6.33. The molecule has 0 aliphatic carbocycles. The number of nitrogens with two attached hydrogens (primary N) is 1. The van der Waals surface area contributed by atoms with E-state index in [1.165, 1.54) is 0 Å². The van der Waals surface area contributed by atoms with Gasteiger partial charge in [0.15, 0.2) is 0 Å². The Kier molecular flexibility index (Phi) is 1.43. The SMILES string of the molecule is Nc1c(Cl)ccc2c1CCN2. The van der Waals surface area contributed by atoms with Crippen LogP contribution in [0.3, 0.4) is 0 Å². The summed E-state index contributed by atoms with van der Waals surface area (Å²) in [5, 5.41) is 3.89. The Bertz CT molecular complexity index is 296. The van der Waals surface area contributed by atoms with E-state index in [0.29, 0.717) is 5.02 Å². The van der Waals surface area contributed by atoms with Crippen LogP contribution in [0, 0.1) is 0 Å². The number of fused-ring (bicyclic) bond motifs is 1. The minimum absolute atomic E-state index is 0.660. The average molecular weight is 169 g/mol. The van der Waals surface area contributed by atoms with Crippen molar-refractivity contribution in [1.29, 1.82) is 0 Å². The third-order valence-electron chi connectivity index (χ3n) is 1.99. The molecule has 2 nitrogen and oxygen atoms in total. The van der Waals surface area contributed by atoms with E-state index < -0.39 is 0 Å². The molecule has 0 aromatic heterocycles. The lowest BCUT2D eigenvalue weighted by Crippen LogP contribution is -1.92. The quantitative estimate of drug-likeness (QED) is 0.581. The Balaban J connectivity index is 2.62. The molecule has 11 heavy (non-hydrogen) atoms. The molecule has 0 atom stereocenters. The van der Waals surface area contributed by atoms with Crippen LogP contribution in [0.15, 0.2) is 12.1 Å². The summed E-state index contributed by atoms with van der Waals surface area (Å²) >= 11 is 5.84. The summed E-state index contributed by atoms with van der Waals surface area (Å²) in [5.74, 6) is 0. The van der Waals surface area contributed by atoms with Crippen molar-refractivity contribution in [3.8, 4) is 0 Å². The molecule has 0 fully saturated rings. The summed E-state index contributed by atoms with van der Waals surface area (Å²) < 4.78 is 0. The van der Waals surface area contributed by atoms with Gasteiger partial charge >= 0.3 is 0 Å². The molecule has 0 radical (unpaired) electrons. The van der Waals surface area contributed by atoms with Crippen LogP contribution in [-0.4, -0.2) is 6.54 Å². The minimum atomic E-state index is 0.660. The molecule has 0 spiro atoms. The molecule has 1 aromatic rings.